The van der Waals surface area contributed by atoms with Gasteiger partial charge in [-0.1, -0.05) is 37.3 Å². The Bertz CT molecular complexity index is 996. The van der Waals surface area contributed by atoms with Crippen molar-refractivity contribution in [1.29, 1.82) is 0 Å². The van der Waals surface area contributed by atoms with Crippen LogP contribution in [0, 0.1) is 5.92 Å². The molecule has 160 valence electrons. The fourth-order valence-electron chi connectivity index (χ4n) is 3.70. The Morgan fingerprint density at radius 1 is 1.06 bits per heavy atom. The number of nitrogens with one attached hydrogen (secondary N) is 1. The zero-order valence-corrected chi connectivity index (χ0v) is 18.2. The summed E-state index contributed by atoms with van der Waals surface area (Å²) in [6.45, 7) is 4.07. The highest BCUT2D eigenvalue weighted by Crippen LogP contribution is 2.32. The average Bonchev–Trinajstić information content (AvgIpc) is 3.03. The number of anilines is 2. The first-order chi connectivity index (χ1) is 15.0. The van der Waals surface area contributed by atoms with E-state index in [2.05, 4.69) is 17.1 Å². The molecule has 0 spiro atoms. The highest BCUT2D eigenvalue weighted by molar-refractivity contribution is 8.18. The Morgan fingerprint density at radius 2 is 1.74 bits per heavy atom. The number of rotatable bonds is 5. The molecule has 6 nitrogen and oxygen atoms in total. The van der Waals surface area contributed by atoms with E-state index in [1.54, 1.807) is 6.08 Å². The van der Waals surface area contributed by atoms with Gasteiger partial charge in [-0.25, -0.2) is 0 Å². The minimum atomic E-state index is -0.441. The summed E-state index contributed by atoms with van der Waals surface area (Å²) in [7, 11) is 0. The van der Waals surface area contributed by atoms with Gasteiger partial charge in [0.1, 0.15) is 6.54 Å². The van der Waals surface area contributed by atoms with Crippen molar-refractivity contribution in [1.82, 2.24) is 4.90 Å². The van der Waals surface area contributed by atoms with Crippen molar-refractivity contribution < 1.29 is 14.4 Å². The minimum absolute atomic E-state index is 0.303. The SMILES string of the molecule is CC1CCN(c2ccc(NC(=O)CN3C(=O)S/C(=C/c4ccccc4)C3=O)cc2)CC1. The lowest BCUT2D eigenvalue weighted by atomic mass is 9.99. The second kappa shape index (κ2) is 9.39. The fraction of sp³-hybridized carbons (Fsp3) is 0.292. The summed E-state index contributed by atoms with van der Waals surface area (Å²) in [5.74, 6) is -0.0708. The highest BCUT2D eigenvalue weighted by atomic mass is 32.2. The molecule has 1 N–H and O–H groups in total. The predicted octanol–water partition coefficient (Wildman–Crippen LogP) is 4.60. The number of imide groups is 1. The summed E-state index contributed by atoms with van der Waals surface area (Å²) in [6, 6.07) is 17.0. The zero-order chi connectivity index (χ0) is 21.8. The van der Waals surface area contributed by atoms with Gasteiger partial charge in [0.15, 0.2) is 0 Å². The number of amides is 3. The Morgan fingerprint density at radius 3 is 2.42 bits per heavy atom. The molecule has 3 amide bonds. The molecule has 31 heavy (non-hydrogen) atoms. The van der Waals surface area contributed by atoms with E-state index in [1.807, 2.05) is 54.6 Å². The van der Waals surface area contributed by atoms with E-state index >= 15 is 0 Å². The third-order valence-electron chi connectivity index (χ3n) is 5.57. The summed E-state index contributed by atoms with van der Waals surface area (Å²) in [5.41, 5.74) is 2.62. The van der Waals surface area contributed by atoms with Gasteiger partial charge in [-0.3, -0.25) is 19.3 Å². The summed E-state index contributed by atoms with van der Waals surface area (Å²) in [6.07, 6.45) is 4.05. The lowest BCUT2D eigenvalue weighted by molar-refractivity contribution is -0.127. The van der Waals surface area contributed by atoms with Crippen molar-refractivity contribution in [3.8, 4) is 0 Å². The van der Waals surface area contributed by atoms with Gasteiger partial charge >= 0.3 is 0 Å². The Balaban J connectivity index is 1.35. The number of carbonyl (C=O) groups is 3. The maximum atomic E-state index is 12.6. The molecule has 0 bridgehead atoms. The third kappa shape index (κ3) is 5.17. The van der Waals surface area contributed by atoms with Crippen LogP contribution in [0.2, 0.25) is 0 Å². The normalized spacial score (nSPS) is 18.7. The lowest BCUT2D eigenvalue weighted by Gasteiger charge is -2.32. The van der Waals surface area contributed by atoms with Crippen LogP contribution < -0.4 is 10.2 Å². The van der Waals surface area contributed by atoms with Crippen LogP contribution in [0.3, 0.4) is 0 Å². The van der Waals surface area contributed by atoms with Gasteiger partial charge in [0.25, 0.3) is 11.1 Å². The molecule has 0 aromatic heterocycles. The molecule has 0 aliphatic carbocycles. The number of nitrogens with zero attached hydrogens (tertiary/aromatic N) is 2. The van der Waals surface area contributed by atoms with Gasteiger partial charge < -0.3 is 10.2 Å². The fourth-order valence-corrected chi connectivity index (χ4v) is 4.54. The molecule has 2 saturated heterocycles. The largest absolute Gasteiger partial charge is 0.372 e. The average molecular weight is 436 g/mol. The second-order valence-electron chi connectivity index (χ2n) is 7.94. The minimum Gasteiger partial charge on any atom is -0.372 e. The molecule has 2 aromatic rings. The molecule has 0 radical (unpaired) electrons. The molecule has 0 unspecified atom stereocenters. The van der Waals surface area contributed by atoms with Gasteiger partial charge in [0, 0.05) is 24.5 Å². The highest BCUT2D eigenvalue weighted by Gasteiger charge is 2.36. The van der Waals surface area contributed by atoms with E-state index in [9.17, 15) is 14.4 Å². The number of hydrogen-bond acceptors (Lipinski definition) is 5. The molecule has 2 aliphatic rings. The van der Waals surface area contributed by atoms with E-state index in [-0.39, 0.29) is 6.54 Å². The van der Waals surface area contributed by atoms with Crippen molar-refractivity contribution in [2.75, 3.05) is 29.9 Å². The third-order valence-corrected chi connectivity index (χ3v) is 6.48. The molecule has 2 heterocycles. The first-order valence-corrected chi connectivity index (χ1v) is 11.3. The number of carbonyl (C=O) groups excluding carboxylic acids is 3. The smallest absolute Gasteiger partial charge is 0.294 e. The molecule has 2 aromatic carbocycles. The van der Waals surface area contributed by atoms with Gasteiger partial charge in [-0.05, 0) is 66.4 Å². The predicted molar refractivity (Wildman–Crippen MR) is 125 cm³/mol. The van der Waals surface area contributed by atoms with E-state index in [0.29, 0.717) is 10.6 Å². The first-order valence-electron chi connectivity index (χ1n) is 10.4. The molecule has 2 fully saturated rings. The Labute approximate surface area is 186 Å². The quantitative estimate of drug-likeness (QED) is 0.695. The van der Waals surface area contributed by atoms with E-state index in [1.165, 1.54) is 12.8 Å². The summed E-state index contributed by atoms with van der Waals surface area (Å²) in [5, 5.41) is 2.35. The molecular weight excluding hydrogens is 410 g/mol. The molecule has 2 aliphatic heterocycles. The van der Waals surface area contributed by atoms with Gasteiger partial charge in [-0.2, -0.15) is 0 Å². The number of thioether (sulfide) groups is 1. The van der Waals surface area contributed by atoms with Crippen molar-refractivity contribution in [3.63, 3.8) is 0 Å². The van der Waals surface area contributed by atoms with Crippen LogP contribution in [0.1, 0.15) is 25.3 Å². The Kier molecular flexibility index (Phi) is 6.42. The molecular formula is C24H25N3O3S. The second-order valence-corrected chi connectivity index (χ2v) is 8.94. The van der Waals surface area contributed by atoms with Crippen molar-refractivity contribution >= 4 is 46.3 Å². The molecule has 0 saturated carbocycles. The van der Waals surface area contributed by atoms with Gasteiger partial charge in [-0.15, -0.1) is 0 Å². The number of piperidine rings is 1. The van der Waals surface area contributed by atoms with Crippen molar-refractivity contribution in [2.45, 2.75) is 19.8 Å². The summed E-state index contributed by atoms with van der Waals surface area (Å²) in [4.78, 5) is 40.9. The van der Waals surface area contributed by atoms with Crippen LogP contribution in [0.15, 0.2) is 59.5 Å². The van der Waals surface area contributed by atoms with Crippen molar-refractivity contribution in [2.24, 2.45) is 5.92 Å². The van der Waals surface area contributed by atoms with Gasteiger partial charge in [0.2, 0.25) is 5.91 Å². The van der Waals surface area contributed by atoms with Crippen molar-refractivity contribution in [3.05, 3.63) is 65.1 Å². The summed E-state index contributed by atoms with van der Waals surface area (Å²) >= 11 is 0.856. The van der Waals surface area contributed by atoms with E-state index in [0.717, 1.165) is 46.9 Å². The molecule has 4 rings (SSSR count). The van der Waals surface area contributed by atoms with E-state index < -0.39 is 17.1 Å². The maximum absolute atomic E-state index is 12.6. The topological polar surface area (TPSA) is 69.7 Å². The van der Waals surface area contributed by atoms with Crippen LogP contribution in [-0.4, -0.2) is 41.6 Å². The first kappa shape index (κ1) is 21.2. The van der Waals surface area contributed by atoms with Crippen LogP contribution in [-0.2, 0) is 9.59 Å². The van der Waals surface area contributed by atoms with E-state index in [4.69, 9.17) is 0 Å². The lowest BCUT2D eigenvalue weighted by Crippen LogP contribution is -2.36. The molecule has 7 heteroatoms. The standard InChI is InChI=1S/C24H25N3O3S/c1-17-11-13-26(14-12-17)20-9-7-19(8-10-20)25-22(28)16-27-23(29)21(31-24(27)30)15-18-5-3-2-4-6-18/h2-10,15,17H,11-14,16H2,1H3,(H,25,28)/b21-15+. The van der Waals surface area contributed by atoms with Crippen LogP contribution >= 0.6 is 11.8 Å². The number of hydrogen-bond donors (Lipinski definition) is 1. The number of benzene rings is 2. The molecule has 0 atom stereocenters. The zero-order valence-electron chi connectivity index (χ0n) is 17.4. The van der Waals surface area contributed by atoms with Gasteiger partial charge in [0.05, 0.1) is 4.91 Å². The van der Waals surface area contributed by atoms with Crippen LogP contribution in [0.5, 0.6) is 0 Å². The van der Waals surface area contributed by atoms with Crippen LogP contribution in [0.25, 0.3) is 6.08 Å². The Hall–Kier alpha value is -3.06. The maximum Gasteiger partial charge on any atom is 0.294 e. The monoisotopic (exact) mass is 435 g/mol. The van der Waals surface area contributed by atoms with Crippen LogP contribution in [0.4, 0.5) is 16.2 Å². The summed E-state index contributed by atoms with van der Waals surface area (Å²) < 4.78 is 0.